The molecule has 94 valence electrons. The van der Waals surface area contributed by atoms with Crippen LogP contribution in [0.2, 0.25) is 0 Å². The predicted octanol–water partition coefficient (Wildman–Crippen LogP) is 1.67. The maximum absolute atomic E-state index is 4.57. The summed E-state index contributed by atoms with van der Waals surface area (Å²) in [7, 11) is 2.10. The second kappa shape index (κ2) is 5.45. The smallest absolute Gasteiger partial charge is 0.150 e. The number of piperidine rings is 1. The van der Waals surface area contributed by atoms with E-state index in [1.807, 2.05) is 20.0 Å². The quantitative estimate of drug-likeness (QED) is 0.864. The van der Waals surface area contributed by atoms with Crippen LogP contribution in [0.15, 0.2) is 6.20 Å². The number of hydrogen-bond acceptors (Lipinski definition) is 4. The minimum Gasteiger partial charge on any atom is -0.357 e. The highest BCUT2D eigenvalue weighted by molar-refractivity contribution is 5.42. The van der Waals surface area contributed by atoms with Gasteiger partial charge in [0.25, 0.3) is 0 Å². The normalized spacial score (nSPS) is 20.3. The second-order valence-electron chi connectivity index (χ2n) is 4.95. The van der Waals surface area contributed by atoms with Crippen LogP contribution in [0, 0.1) is 13.8 Å². The Morgan fingerprint density at radius 1 is 1.41 bits per heavy atom. The van der Waals surface area contributed by atoms with Gasteiger partial charge in [0.2, 0.25) is 0 Å². The highest BCUT2D eigenvalue weighted by Crippen LogP contribution is 2.16. The molecule has 1 unspecified atom stereocenters. The van der Waals surface area contributed by atoms with Crippen LogP contribution in [-0.4, -0.2) is 36.1 Å². The molecule has 1 aliphatic rings. The number of aromatic nitrogens is 2. The van der Waals surface area contributed by atoms with Gasteiger partial charge in [0.1, 0.15) is 5.82 Å². The SMILES string of the molecule is Cc1cnc(C)c(N(C)CC2CCCCN2)n1. The number of rotatable bonds is 3. The third-order valence-corrected chi connectivity index (χ3v) is 3.32. The van der Waals surface area contributed by atoms with E-state index in [1.54, 1.807) is 0 Å². The molecular formula is C13H22N4. The summed E-state index contributed by atoms with van der Waals surface area (Å²) >= 11 is 0. The molecule has 17 heavy (non-hydrogen) atoms. The van der Waals surface area contributed by atoms with Gasteiger partial charge in [0.05, 0.1) is 11.4 Å². The van der Waals surface area contributed by atoms with E-state index >= 15 is 0 Å². The van der Waals surface area contributed by atoms with E-state index in [0.717, 1.165) is 30.3 Å². The van der Waals surface area contributed by atoms with Gasteiger partial charge in [-0.15, -0.1) is 0 Å². The molecule has 1 aromatic rings. The van der Waals surface area contributed by atoms with Crippen LogP contribution < -0.4 is 10.2 Å². The molecule has 1 fully saturated rings. The Morgan fingerprint density at radius 2 is 2.24 bits per heavy atom. The summed E-state index contributed by atoms with van der Waals surface area (Å²) in [5.74, 6) is 1.01. The highest BCUT2D eigenvalue weighted by atomic mass is 15.2. The van der Waals surface area contributed by atoms with E-state index in [0.29, 0.717) is 6.04 Å². The van der Waals surface area contributed by atoms with Crippen molar-refractivity contribution in [1.82, 2.24) is 15.3 Å². The van der Waals surface area contributed by atoms with Crippen LogP contribution in [0.3, 0.4) is 0 Å². The van der Waals surface area contributed by atoms with Crippen molar-refractivity contribution in [3.63, 3.8) is 0 Å². The van der Waals surface area contributed by atoms with E-state index in [1.165, 1.54) is 19.3 Å². The van der Waals surface area contributed by atoms with Gasteiger partial charge in [-0.3, -0.25) is 4.98 Å². The first-order valence-corrected chi connectivity index (χ1v) is 6.41. The number of nitrogens with zero attached hydrogens (tertiary/aromatic N) is 3. The molecule has 0 aliphatic carbocycles. The van der Waals surface area contributed by atoms with Crippen molar-refractivity contribution in [1.29, 1.82) is 0 Å². The van der Waals surface area contributed by atoms with Gasteiger partial charge in [0, 0.05) is 25.8 Å². The van der Waals surface area contributed by atoms with Gasteiger partial charge in [0.15, 0.2) is 0 Å². The van der Waals surface area contributed by atoms with Crippen molar-refractivity contribution < 1.29 is 0 Å². The Kier molecular flexibility index (Phi) is 3.94. The lowest BCUT2D eigenvalue weighted by atomic mass is 10.0. The van der Waals surface area contributed by atoms with Crippen molar-refractivity contribution in [3.8, 4) is 0 Å². The number of aryl methyl sites for hydroxylation is 2. The van der Waals surface area contributed by atoms with Crippen LogP contribution in [0.5, 0.6) is 0 Å². The fourth-order valence-corrected chi connectivity index (χ4v) is 2.38. The van der Waals surface area contributed by atoms with Crippen molar-refractivity contribution >= 4 is 5.82 Å². The first-order chi connectivity index (χ1) is 8.16. The van der Waals surface area contributed by atoms with Gasteiger partial charge in [-0.1, -0.05) is 6.42 Å². The molecule has 4 nitrogen and oxygen atoms in total. The summed E-state index contributed by atoms with van der Waals surface area (Å²) in [4.78, 5) is 11.2. The van der Waals surface area contributed by atoms with Crippen LogP contribution in [0.4, 0.5) is 5.82 Å². The number of anilines is 1. The average Bonchev–Trinajstić information content (AvgIpc) is 2.33. The summed E-state index contributed by atoms with van der Waals surface area (Å²) in [6.45, 7) is 6.17. The topological polar surface area (TPSA) is 41.1 Å². The molecule has 0 amide bonds. The third-order valence-electron chi connectivity index (χ3n) is 3.32. The van der Waals surface area contributed by atoms with Crippen LogP contribution in [0.1, 0.15) is 30.7 Å². The Balaban J connectivity index is 2.02. The fourth-order valence-electron chi connectivity index (χ4n) is 2.38. The van der Waals surface area contributed by atoms with Gasteiger partial charge >= 0.3 is 0 Å². The summed E-state index contributed by atoms with van der Waals surface area (Å²) in [6, 6.07) is 0.593. The summed E-state index contributed by atoms with van der Waals surface area (Å²) in [5.41, 5.74) is 1.99. The van der Waals surface area contributed by atoms with Crippen LogP contribution in [-0.2, 0) is 0 Å². The molecule has 4 heteroatoms. The van der Waals surface area contributed by atoms with Gasteiger partial charge in [-0.25, -0.2) is 4.98 Å². The van der Waals surface area contributed by atoms with Crippen LogP contribution in [0.25, 0.3) is 0 Å². The number of nitrogens with one attached hydrogen (secondary N) is 1. The Labute approximate surface area is 103 Å². The Bertz CT molecular complexity index is 372. The molecular weight excluding hydrogens is 212 g/mol. The minimum absolute atomic E-state index is 0.593. The minimum atomic E-state index is 0.593. The van der Waals surface area contributed by atoms with Gasteiger partial charge < -0.3 is 10.2 Å². The number of likely N-dealkylation sites (N-methyl/N-ethyl adjacent to an activating group) is 1. The zero-order chi connectivity index (χ0) is 12.3. The molecule has 0 aromatic carbocycles. The molecule has 1 aliphatic heterocycles. The van der Waals surface area contributed by atoms with Crippen molar-refractivity contribution in [2.75, 3.05) is 25.0 Å². The van der Waals surface area contributed by atoms with Crippen molar-refractivity contribution in [2.24, 2.45) is 0 Å². The molecule has 2 heterocycles. The van der Waals surface area contributed by atoms with E-state index in [-0.39, 0.29) is 0 Å². The highest BCUT2D eigenvalue weighted by Gasteiger charge is 2.16. The average molecular weight is 234 g/mol. The van der Waals surface area contributed by atoms with E-state index < -0.39 is 0 Å². The molecule has 1 saturated heterocycles. The summed E-state index contributed by atoms with van der Waals surface area (Å²) in [6.07, 6.45) is 5.74. The van der Waals surface area contributed by atoms with E-state index in [9.17, 15) is 0 Å². The lowest BCUT2D eigenvalue weighted by Gasteiger charge is -2.29. The lowest BCUT2D eigenvalue weighted by Crippen LogP contribution is -2.42. The molecule has 0 radical (unpaired) electrons. The van der Waals surface area contributed by atoms with E-state index in [2.05, 4.69) is 27.2 Å². The third kappa shape index (κ3) is 3.16. The zero-order valence-electron chi connectivity index (χ0n) is 11.0. The van der Waals surface area contributed by atoms with E-state index in [4.69, 9.17) is 0 Å². The fraction of sp³-hybridized carbons (Fsp3) is 0.692. The molecule has 1 aromatic heterocycles. The standard InChI is InChI=1S/C13H22N4/c1-10-8-15-11(2)13(16-10)17(3)9-12-6-4-5-7-14-12/h8,12,14H,4-7,9H2,1-3H3. The van der Waals surface area contributed by atoms with Gasteiger partial charge in [-0.05, 0) is 33.2 Å². The molecule has 2 rings (SSSR count). The molecule has 0 saturated carbocycles. The Hall–Kier alpha value is -1.16. The molecule has 0 spiro atoms. The molecule has 1 N–H and O–H groups in total. The maximum Gasteiger partial charge on any atom is 0.150 e. The van der Waals surface area contributed by atoms with Gasteiger partial charge in [-0.2, -0.15) is 0 Å². The molecule has 0 bridgehead atoms. The van der Waals surface area contributed by atoms with Crippen molar-refractivity contribution in [2.45, 2.75) is 39.2 Å². The lowest BCUT2D eigenvalue weighted by molar-refractivity contribution is 0.402. The molecule has 1 atom stereocenters. The monoisotopic (exact) mass is 234 g/mol. The first kappa shape index (κ1) is 12.3. The largest absolute Gasteiger partial charge is 0.357 e. The first-order valence-electron chi connectivity index (χ1n) is 6.41. The second-order valence-corrected chi connectivity index (χ2v) is 4.95. The van der Waals surface area contributed by atoms with Crippen LogP contribution >= 0.6 is 0 Å². The zero-order valence-corrected chi connectivity index (χ0v) is 11.0. The summed E-state index contributed by atoms with van der Waals surface area (Å²) < 4.78 is 0. The number of hydrogen-bond donors (Lipinski definition) is 1. The predicted molar refractivity (Wildman–Crippen MR) is 70.4 cm³/mol. The van der Waals surface area contributed by atoms with Crippen molar-refractivity contribution in [3.05, 3.63) is 17.6 Å². The Morgan fingerprint density at radius 3 is 2.94 bits per heavy atom. The summed E-state index contributed by atoms with van der Waals surface area (Å²) in [5, 5.41) is 3.56. The maximum atomic E-state index is 4.57.